The highest BCUT2D eigenvalue weighted by atomic mass is 32.1. The zero-order valence-corrected chi connectivity index (χ0v) is 44.8. The summed E-state index contributed by atoms with van der Waals surface area (Å²) in [6, 6.07) is 20.2. The van der Waals surface area contributed by atoms with Crippen LogP contribution < -0.4 is 20.7 Å². The number of hydrogen-bond acceptors (Lipinski definition) is 12. The highest BCUT2D eigenvalue weighted by Gasteiger charge is 2.51. The van der Waals surface area contributed by atoms with Gasteiger partial charge in [0, 0.05) is 54.7 Å². The molecule has 4 atom stereocenters. The van der Waals surface area contributed by atoms with Crippen molar-refractivity contribution in [3.05, 3.63) is 135 Å². The third-order valence-corrected chi connectivity index (χ3v) is 16.2. The van der Waals surface area contributed by atoms with Gasteiger partial charge in [-0.1, -0.05) is 75.1 Å². The number of fused-ring (bicyclic) bond motifs is 3. The number of amides is 8. The topological polar surface area (TPSA) is 258 Å². The van der Waals surface area contributed by atoms with Crippen LogP contribution in [0.15, 0.2) is 91.0 Å². The molecule has 8 amide bonds. The molecule has 5 aromatic rings. The van der Waals surface area contributed by atoms with E-state index in [2.05, 4.69) is 27.8 Å². The van der Waals surface area contributed by atoms with E-state index in [0.717, 1.165) is 39.5 Å². The minimum Gasteiger partial charge on any atom is -0.484 e. The van der Waals surface area contributed by atoms with Crippen LogP contribution >= 0.6 is 18.9 Å². The van der Waals surface area contributed by atoms with Gasteiger partial charge >= 0.3 is 13.3 Å². The van der Waals surface area contributed by atoms with Gasteiger partial charge in [-0.25, -0.2) is 0 Å². The maximum absolute atomic E-state index is 15.1. The van der Waals surface area contributed by atoms with E-state index in [0.29, 0.717) is 34.4 Å². The van der Waals surface area contributed by atoms with Crippen LogP contribution in [0.1, 0.15) is 111 Å². The standard InChI is InChI=1S/C56H55F2N6O13PS/c1-55(2,3)48(61-50(68)45-28-35-25-37(15-19-44(35)79-45)56(57,58)78(73,74)75)54(72)63-29-36-26-38(16-14-34(36)27-42(63)53(71)62-22-23-76-43(30-62)33-11-7-4-8-12-33)77-31-47(66)59-21-9-5-6-10-32-13-17-39-40(24-32)52(70)64(51(39)69)41-18-20-46(65)60-49(41)67/h4,7-8,11-17,19,24-26,28,41-43,48H,5,9,18,20-23,27,29-31H2,1-3H3,(H,59,66)(H,61,68)(H,60,65,67)(H2,73,74,75)/t41?,42-,43-,48?/m0/s1. The fourth-order valence-electron chi connectivity index (χ4n) is 9.88. The molecule has 23 heteroatoms. The highest BCUT2D eigenvalue weighted by Crippen LogP contribution is 2.59. The second-order valence-electron chi connectivity index (χ2n) is 20.6. The average Bonchev–Trinajstić information content (AvgIpc) is 4.24. The first-order chi connectivity index (χ1) is 37.5. The Morgan fingerprint density at radius 2 is 1.70 bits per heavy atom. The molecule has 0 spiro atoms. The smallest absolute Gasteiger partial charge is 0.399 e. The van der Waals surface area contributed by atoms with E-state index in [9.17, 15) is 56.7 Å². The van der Waals surface area contributed by atoms with Crippen LogP contribution in [0.5, 0.6) is 5.75 Å². The number of alkyl halides is 2. The number of benzene rings is 4. The van der Waals surface area contributed by atoms with Gasteiger partial charge in [-0.2, -0.15) is 8.78 Å². The Bertz CT molecular complexity index is 3420. The summed E-state index contributed by atoms with van der Waals surface area (Å²) >= 11 is 0.938. The Morgan fingerprint density at radius 1 is 0.937 bits per heavy atom. The fourth-order valence-corrected chi connectivity index (χ4v) is 11.3. The lowest BCUT2D eigenvalue weighted by Gasteiger charge is -2.43. The number of carbonyl (C=O) groups is 8. The van der Waals surface area contributed by atoms with Gasteiger partial charge in [0.25, 0.3) is 23.6 Å². The minimum absolute atomic E-state index is 0.00823. The summed E-state index contributed by atoms with van der Waals surface area (Å²) in [4.78, 5) is 130. The molecule has 2 fully saturated rings. The van der Waals surface area contributed by atoms with E-state index in [4.69, 9.17) is 9.47 Å². The highest BCUT2D eigenvalue weighted by molar-refractivity contribution is 7.52. The number of carbonyl (C=O) groups excluding carboxylic acids is 8. The van der Waals surface area contributed by atoms with Crippen LogP contribution in [0.4, 0.5) is 8.78 Å². The Labute approximate surface area is 456 Å². The summed E-state index contributed by atoms with van der Waals surface area (Å²) < 4.78 is 53.2. The Hall–Kier alpha value is -7.67. The number of thiophene rings is 1. The molecule has 0 bridgehead atoms. The maximum Gasteiger partial charge on any atom is 0.399 e. The zero-order valence-electron chi connectivity index (χ0n) is 43.1. The van der Waals surface area contributed by atoms with Crippen molar-refractivity contribution in [1.29, 1.82) is 0 Å². The number of rotatable bonds is 14. The summed E-state index contributed by atoms with van der Waals surface area (Å²) in [5.41, 5.74) is -3.34. The molecule has 9 rings (SSSR count). The quantitative estimate of drug-likeness (QED) is 0.0396. The molecule has 4 aromatic carbocycles. The number of unbranched alkanes of at least 4 members (excludes halogenated alkanes) is 1. The van der Waals surface area contributed by atoms with E-state index < -0.39 is 89.8 Å². The molecule has 2 unspecified atom stereocenters. The Morgan fingerprint density at radius 3 is 2.43 bits per heavy atom. The second kappa shape index (κ2) is 22.6. The number of hydrogen-bond donors (Lipinski definition) is 5. The molecule has 1 aromatic heterocycles. The van der Waals surface area contributed by atoms with E-state index in [1.807, 2.05) is 30.3 Å². The minimum atomic E-state index is -5.87. The van der Waals surface area contributed by atoms with Gasteiger partial charge < -0.3 is 39.7 Å². The van der Waals surface area contributed by atoms with E-state index in [1.165, 1.54) is 29.2 Å². The molecule has 0 saturated carbocycles. The molecular weight excluding hydrogens is 1070 g/mol. The number of nitrogens with one attached hydrogen (secondary N) is 3. The number of morpholine rings is 1. The lowest BCUT2D eigenvalue weighted by Crippen LogP contribution is -2.61. The first kappa shape index (κ1) is 56.1. The fraction of sp³-hybridized carbons (Fsp3) is 0.357. The van der Waals surface area contributed by atoms with Crippen molar-refractivity contribution in [2.75, 3.05) is 32.8 Å². The van der Waals surface area contributed by atoms with Gasteiger partial charge in [0.15, 0.2) is 6.61 Å². The molecule has 0 aliphatic carbocycles. The van der Waals surface area contributed by atoms with Gasteiger partial charge in [0.1, 0.15) is 30.0 Å². The van der Waals surface area contributed by atoms with Crippen LogP contribution in [0, 0.1) is 17.3 Å². The number of piperidine rings is 1. The first-order valence-electron chi connectivity index (χ1n) is 25.4. The lowest BCUT2D eigenvalue weighted by atomic mass is 9.84. The van der Waals surface area contributed by atoms with Crippen molar-refractivity contribution < 1.29 is 71.0 Å². The summed E-state index contributed by atoms with van der Waals surface area (Å²) in [6.45, 7) is 5.80. The maximum atomic E-state index is 15.1. The molecular formula is C56H55F2N6O13PS. The van der Waals surface area contributed by atoms with Gasteiger partial charge in [-0.15, -0.1) is 11.3 Å². The van der Waals surface area contributed by atoms with Crippen LogP contribution in [0.25, 0.3) is 10.1 Å². The van der Waals surface area contributed by atoms with Crippen molar-refractivity contribution in [1.82, 2.24) is 30.7 Å². The van der Waals surface area contributed by atoms with Crippen molar-refractivity contribution in [2.45, 2.75) is 89.3 Å². The zero-order chi connectivity index (χ0) is 56.6. The molecule has 4 aliphatic heterocycles. The SMILES string of the molecule is CC(C)(C)C(NC(=O)c1cc2cc(C(F)(F)P(=O)(O)O)ccc2s1)C(=O)N1Cc2cc(OCC(=O)NCCCC#Cc3ccc4c(c3)C(=O)N(C3CCC(=O)NC3=O)C4=O)ccc2C[C@H]1C(=O)N1CCO[C@H](c2ccccc2)C1. The lowest BCUT2D eigenvalue weighted by molar-refractivity contribution is -0.153. The molecule has 5 heterocycles. The summed E-state index contributed by atoms with van der Waals surface area (Å²) in [6.07, 6.45) is 0.576. The summed E-state index contributed by atoms with van der Waals surface area (Å²) in [5.74, 6) is 1.83. The molecule has 79 heavy (non-hydrogen) atoms. The molecule has 412 valence electrons. The number of imide groups is 2. The predicted molar refractivity (Wildman–Crippen MR) is 282 cm³/mol. The Kier molecular flexibility index (Phi) is 16.0. The van der Waals surface area contributed by atoms with E-state index in [-0.39, 0.29) is 86.0 Å². The number of nitrogens with zero attached hydrogens (tertiary/aromatic N) is 3. The van der Waals surface area contributed by atoms with Crippen molar-refractivity contribution in [3.63, 3.8) is 0 Å². The van der Waals surface area contributed by atoms with E-state index >= 15 is 4.79 Å². The van der Waals surface area contributed by atoms with Crippen molar-refractivity contribution in [2.24, 2.45) is 5.41 Å². The van der Waals surface area contributed by atoms with Gasteiger partial charge in [0.05, 0.1) is 29.2 Å². The molecule has 2 saturated heterocycles. The predicted octanol–water partition coefficient (Wildman–Crippen LogP) is 5.55. The monoisotopic (exact) mass is 1120 g/mol. The molecule has 5 N–H and O–H groups in total. The summed E-state index contributed by atoms with van der Waals surface area (Å²) in [7, 11) is -5.87. The van der Waals surface area contributed by atoms with Crippen molar-refractivity contribution in [3.8, 4) is 17.6 Å². The largest absolute Gasteiger partial charge is 0.484 e. The van der Waals surface area contributed by atoms with Crippen LogP contribution in [-0.2, 0) is 51.9 Å². The first-order valence-corrected chi connectivity index (χ1v) is 27.8. The molecule has 0 radical (unpaired) electrons. The van der Waals surface area contributed by atoms with Crippen LogP contribution in [0.2, 0.25) is 0 Å². The third kappa shape index (κ3) is 12.0. The van der Waals surface area contributed by atoms with Crippen LogP contribution in [-0.4, -0.2) is 123 Å². The molecule has 4 aliphatic rings. The van der Waals surface area contributed by atoms with Gasteiger partial charge in [-0.3, -0.25) is 53.1 Å². The summed E-state index contributed by atoms with van der Waals surface area (Å²) in [5, 5.41) is 7.93. The van der Waals surface area contributed by atoms with Gasteiger partial charge in [-0.05, 0) is 88.9 Å². The molecule has 19 nitrogen and oxygen atoms in total. The Balaban J connectivity index is 0.854. The van der Waals surface area contributed by atoms with E-state index in [1.54, 1.807) is 49.9 Å². The number of halogens is 2. The normalized spacial score (nSPS) is 19.0. The van der Waals surface area contributed by atoms with Crippen LogP contribution in [0.3, 0.4) is 0 Å². The number of ether oxygens (including phenoxy) is 2. The van der Waals surface area contributed by atoms with Gasteiger partial charge in [0.2, 0.25) is 23.6 Å². The third-order valence-electron chi connectivity index (χ3n) is 14.1. The average molecular weight is 1120 g/mol. The second-order valence-corrected chi connectivity index (χ2v) is 23.4. The van der Waals surface area contributed by atoms with Crippen molar-refractivity contribution >= 4 is 76.3 Å².